The van der Waals surface area contributed by atoms with E-state index in [1.165, 1.54) is 12.1 Å². The van der Waals surface area contributed by atoms with E-state index in [0.717, 1.165) is 12.8 Å². The Morgan fingerprint density at radius 3 is 2.57 bits per heavy atom. The second-order valence-corrected chi connectivity index (χ2v) is 6.19. The van der Waals surface area contributed by atoms with E-state index in [9.17, 15) is 18.3 Å². The second-order valence-electron chi connectivity index (χ2n) is 6.19. The minimum atomic E-state index is -4.38. The molecule has 1 aliphatic carbocycles. The molecule has 5 heteroatoms. The van der Waals surface area contributed by atoms with E-state index in [0.29, 0.717) is 18.8 Å². The van der Waals surface area contributed by atoms with Crippen LogP contribution in [0.4, 0.5) is 13.2 Å². The molecular weight excluding hydrogens is 279 g/mol. The molecule has 3 unspecified atom stereocenters. The predicted molar refractivity (Wildman–Crippen MR) is 75.8 cm³/mol. The molecule has 0 heterocycles. The molecule has 0 bridgehead atoms. The van der Waals surface area contributed by atoms with Crippen LogP contribution in [0.2, 0.25) is 0 Å². The zero-order valence-electron chi connectivity index (χ0n) is 12.2. The molecule has 1 fully saturated rings. The summed E-state index contributed by atoms with van der Waals surface area (Å²) in [5.74, 6) is 0.353. The Balaban J connectivity index is 2.06. The number of benzene rings is 1. The number of nitrogens with one attached hydrogen (secondary N) is 1. The number of halogens is 3. The van der Waals surface area contributed by atoms with Crippen molar-refractivity contribution in [1.82, 2.24) is 5.32 Å². The van der Waals surface area contributed by atoms with E-state index in [2.05, 4.69) is 5.32 Å². The van der Waals surface area contributed by atoms with Crippen LogP contribution in [0.5, 0.6) is 0 Å². The van der Waals surface area contributed by atoms with Gasteiger partial charge in [-0.25, -0.2) is 0 Å². The normalized spacial score (nSPS) is 28.3. The SMILES string of the molecule is CC1CCCC(O)(CNC(c2ccccc2)C(F)(F)F)C1. The van der Waals surface area contributed by atoms with E-state index in [1.54, 1.807) is 18.2 Å². The van der Waals surface area contributed by atoms with Gasteiger partial charge in [0.1, 0.15) is 6.04 Å². The molecule has 1 saturated carbocycles. The molecule has 0 amide bonds. The molecule has 2 nitrogen and oxygen atoms in total. The summed E-state index contributed by atoms with van der Waals surface area (Å²) in [7, 11) is 0. The Morgan fingerprint density at radius 1 is 1.33 bits per heavy atom. The molecule has 3 atom stereocenters. The van der Waals surface area contributed by atoms with Crippen molar-refractivity contribution in [2.45, 2.75) is 50.4 Å². The highest BCUT2D eigenvalue weighted by molar-refractivity contribution is 5.20. The minimum absolute atomic E-state index is 0.0313. The molecule has 0 aromatic heterocycles. The van der Waals surface area contributed by atoms with E-state index < -0.39 is 17.8 Å². The Labute approximate surface area is 123 Å². The van der Waals surface area contributed by atoms with Crippen LogP contribution in [0.15, 0.2) is 30.3 Å². The molecule has 21 heavy (non-hydrogen) atoms. The van der Waals surface area contributed by atoms with Crippen molar-refractivity contribution >= 4 is 0 Å². The fraction of sp³-hybridized carbons (Fsp3) is 0.625. The maximum Gasteiger partial charge on any atom is 0.407 e. The summed E-state index contributed by atoms with van der Waals surface area (Å²) < 4.78 is 39.7. The zero-order valence-corrected chi connectivity index (χ0v) is 12.2. The standard InChI is InChI=1S/C16H22F3NO/c1-12-6-5-9-15(21,10-12)11-20-14(16(17,18)19)13-7-3-2-4-8-13/h2-4,7-8,12,14,20-21H,5-6,9-11H2,1H3. The van der Waals surface area contributed by atoms with Gasteiger partial charge in [-0.2, -0.15) is 13.2 Å². The maximum absolute atomic E-state index is 13.2. The first kappa shape index (κ1) is 16.3. The van der Waals surface area contributed by atoms with Crippen LogP contribution in [0.25, 0.3) is 0 Å². The quantitative estimate of drug-likeness (QED) is 0.886. The Bertz CT molecular complexity index is 449. The maximum atomic E-state index is 13.2. The van der Waals surface area contributed by atoms with Crippen molar-refractivity contribution in [2.75, 3.05) is 6.54 Å². The van der Waals surface area contributed by atoms with Gasteiger partial charge in [0, 0.05) is 6.54 Å². The molecule has 0 aliphatic heterocycles. The summed E-state index contributed by atoms with van der Waals surface area (Å²) >= 11 is 0. The van der Waals surface area contributed by atoms with E-state index in [1.807, 2.05) is 6.92 Å². The first-order chi connectivity index (χ1) is 9.80. The minimum Gasteiger partial charge on any atom is -0.389 e. The van der Waals surface area contributed by atoms with Gasteiger partial charge in [-0.3, -0.25) is 5.32 Å². The highest BCUT2D eigenvalue weighted by atomic mass is 19.4. The molecule has 0 spiro atoms. The second kappa shape index (κ2) is 6.36. The largest absolute Gasteiger partial charge is 0.407 e. The number of aliphatic hydroxyl groups is 1. The van der Waals surface area contributed by atoms with Crippen molar-refractivity contribution < 1.29 is 18.3 Å². The third-order valence-electron chi connectivity index (χ3n) is 4.16. The van der Waals surface area contributed by atoms with Crippen molar-refractivity contribution in [3.63, 3.8) is 0 Å². The summed E-state index contributed by atoms with van der Waals surface area (Å²) in [4.78, 5) is 0. The lowest BCUT2D eigenvalue weighted by Crippen LogP contribution is -2.47. The third kappa shape index (κ3) is 4.45. The van der Waals surface area contributed by atoms with Gasteiger partial charge >= 0.3 is 6.18 Å². The monoisotopic (exact) mass is 301 g/mol. The highest BCUT2D eigenvalue weighted by Gasteiger charge is 2.42. The lowest BCUT2D eigenvalue weighted by Gasteiger charge is -2.37. The summed E-state index contributed by atoms with van der Waals surface area (Å²) in [6, 6.07) is 6.05. The molecule has 0 saturated heterocycles. The fourth-order valence-corrected chi connectivity index (χ4v) is 3.15. The molecule has 1 aromatic carbocycles. The summed E-state index contributed by atoms with van der Waals surface area (Å²) in [5.41, 5.74) is -0.854. The molecular formula is C16H22F3NO. The van der Waals surface area contributed by atoms with Crippen LogP contribution < -0.4 is 5.32 Å². The van der Waals surface area contributed by atoms with Crippen LogP contribution in [-0.2, 0) is 0 Å². The van der Waals surface area contributed by atoms with Gasteiger partial charge in [0.2, 0.25) is 0 Å². The Kier molecular flexibility index (Phi) is 4.94. The summed E-state index contributed by atoms with van der Waals surface area (Å²) in [5, 5.41) is 13.0. The number of hydrogen-bond donors (Lipinski definition) is 2. The van der Waals surface area contributed by atoms with Gasteiger partial charge in [0.25, 0.3) is 0 Å². The van der Waals surface area contributed by atoms with Crippen molar-refractivity contribution in [3.8, 4) is 0 Å². The molecule has 118 valence electrons. The Hall–Kier alpha value is -1.07. The third-order valence-corrected chi connectivity index (χ3v) is 4.16. The van der Waals surface area contributed by atoms with Gasteiger partial charge in [0.05, 0.1) is 5.60 Å². The average molecular weight is 301 g/mol. The Morgan fingerprint density at radius 2 is 2.00 bits per heavy atom. The van der Waals surface area contributed by atoms with Gasteiger partial charge in [-0.15, -0.1) is 0 Å². The van der Waals surface area contributed by atoms with Gasteiger partial charge < -0.3 is 5.11 Å². The topological polar surface area (TPSA) is 32.3 Å². The van der Waals surface area contributed by atoms with Crippen LogP contribution >= 0.6 is 0 Å². The first-order valence-corrected chi connectivity index (χ1v) is 7.38. The van der Waals surface area contributed by atoms with Gasteiger partial charge in [0.15, 0.2) is 0 Å². The summed E-state index contributed by atoms with van der Waals surface area (Å²) in [6.07, 6.45) is -1.37. The lowest BCUT2D eigenvalue weighted by molar-refractivity contribution is -0.161. The first-order valence-electron chi connectivity index (χ1n) is 7.38. The van der Waals surface area contributed by atoms with Crippen molar-refractivity contribution in [1.29, 1.82) is 0 Å². The number of alkyl halides is 3. The van der Waals surface area contributed by atoms with Crippen LogP contribution in [0.3, 0.4) is 0 Å². The molecule has 0 radical (unpaired) electrons. The van der Waals surface area contributed by atoms with Crippen molar-refractivity contribution in [2.24, 2.45) is 5.92 Å². The predicted octanol–water partition coefficient (Wildman–Crippen LogP) is 3.82. The van der Waals surface area contributed by atoms with Crippen LogP contribution in [0, 0.1) is 5.92 Å². The lowest BCUT2D eigenvalue weighted by atomic mass is 9.79. The van der Waals surface area contributed by atoms with Gasteiger partial charge in [-0.05, 0) is 24.3 Å². The molecule has 2 N–H and O–H groups in total. The van der Waals surface area contributed by atoms with E-state index in [4.69, 9.17) is 0 Å². The van der Waals surface area contributed by atoms with Crippen LogP contribution in [-0.4, -0.2) is 23.4 Å². The van der Waals surface area contributed by atoms with Crippen molar-refractivity contribution in [3.05, 3.63) is 35.9 Å². The smallest absolute Gasteiger partial charge is 0.389 e. The average Bonchev–Trinajstić information content (AvgIpc) is 2.38. The molecule has 1 aliphatic rings. The van der Waals surface area contributed by atoms with E-state index in [-0.39, 0.29) is 12.1 Å². The number of rotatable bonds is 4. The summed E-state index contributed by atoms with van der Waals surface area (Å²) in [6.45, 7) is 2.00. The number of hydrogen-bond acceptors (Lipinski definition) is 2. The van der Waals surface area contributed by atoms with Crippen LogP contribution in [0.1, 0.15) is 44.2 Å². The highest BCUT2D eigenvalue weighted by Crippen LogP contribution is 2.35. The molecule has 2 rings (SSSR count). The fourth-order valence-electron chi connectivity index (χ4n) is 3.15. The van der Waals surface area contributed by atoms with Gasteiger partial charge in [-0.1, -0.05) is 50.1 Å². The zero-order chi connectivity index (χ0) is 15.5. The van der Waals surface area contributed by atoms with E-state index >= 15 is 0 Å². The molecule has 1 aromatic rings.